The number of amides is 1. The molecule has 1 fully saturated rings. The summed E-state index contributed by atoms with van der Waals surface area (Å²) in [6.45, 7) is 4.87. The monoisotopic (exact) mass is 415 g/mol. The molecule has 6 nitrogen and oxygen atoms in total. The Morgan fingerprint density at radius 1 is 1.18 bits per heavy atom. The maximum atomic E-state index is 13.0. The van der Waals surface area contributed by atoms with Crippen molar-refractivity contribution in [2.24, 2.45) is 0 Å². The van der Waals surface area contributed by atoms with Gasteiger partial charge in [-0.3, -0.25) is 4.79 Å². The highest BCUT2D eigenvalue weighted by molar-refractivity contribution is 7.20. The highest BCUT2D eigenvalue weighted by Crippen LogP contribution is 2.41. The molecule has 2 aromatic heterocycles. The standard InChI is InChI=1S/C20H18ClN3O3S/c1-9-16-10(2)22-18(11-3-4-11)24-20(16)28-17(9)19(25)23-13-8-15-14(7-12(13)21)26-5-6-27-15/h7-8,11H,3-6H2,1-2H3,(H,23,25). The van der Waals surface area contributed by atoms with Gasteiger partial charge in [-0.2, -0.15) is 0 Å². The van der Waals surface area contributed by atoms with Crippen LogP contribution in [0, 0.1) is 13.8 Å². The minimum Gasteiger partial charge on any atom is -0.486 e. The largest absolute Gasteiger partial charge is 0.486 e. The second-order valence-electron chi connectivity index (χ2n) is 7.11. The molecule has 2 aliphatic rings. The quantitative estimate of drug-likeness (QED) is 0.661. The molecule has 1 amide bonds. The lowest BCUT2D eigenvalue weighted by Crippen LogP contribution is -2.16. The van der Waals surface area contributed by atoms with Gasteiger partial charge in [0, 0.05) is 23.4 Å². The summed E-state index contributed by atoms with van der Waals surface area (Å²) in [6.07, 6.45) is 2.29. The average molecular weight is 416 g/mol. The van der Waals surface area contributed by atoms with Gasteiger partial charge in [-0.15, -0.1) is 11.3 Å². The Kier molecular flexibility index (Phi) is 4.17. The highest BCUT2D eigenvalue weighted by atomic mass is 35.5. The fraction of sp³-hybridized carbons (Fsp3) is 0.350. The predicted octanol–water partition coefficient (Wildman–Crippen LogP) is 4.86. The molecular formula is C20H18ClN3O3S. The molecular weight excluding hydrogens is 398 g/mol. The highest BCUT2D eigenvalue weighted by Gasteiger charge is 2.28. The first-order valence-corrected chi connectivity index (χ1v) is 10.4. The van der Waals surface area contributed by atoms with Crippen LogP contribution in [-0.2, 0) is 0 Å². The van der Waals surface area contributed by atoms with Gasteiger partial charge in [0.15, 0.2) is 11.5 Å². The number of fused-ring (bicyclic) bond motifs is 2. The lowest BCUT2D eigenvalue weighted by molar-refractivity contribution is 0.103. The van der Waals surface area contributed by atoms with Crippen molar-refractivity contribution in [1.82, 2.24) is 9.97 Å². The number of hydrogen-bond donors (Lipinski definition) is 1. The van der Waals surface area contributed by atoms with Gasteiger partial charge in [-0.25, -0.2) is 9.97 Å². The number of anilines is 1. The summed E-state index contributed by atoms with van der Waals surface area (Å²) in [6, 6.07) is 3.37. The number of benzene rings is 1. The van der Waals surface area contributed by atoms with Crippen molar-refractivity contribution in [3.63, 3.8) is 0 Å². The summed E-state index contributed by atoms with van der Waals surface area (Å²) in [5, 5.41) is 4.27. The number of aromatic nitrogens is 2. The first kappa shape index (κ1) is 17.7. The van der Waals surface area contributed by atoms with Crippen LogP contribution in [0.2, 0.25) is 5.02 Å². The third kappa shape index (κ3) is 2.99. The first-order valence-electron chi connectivity index (χ1n) is 9.19. The van der Waals surface area contributed by atoms with E-state index in [-0.39, 0.29) is 5.91 Å². The van der Waals surface area contributed by atoms with E-state index in [1.165, 1.54) is 11.3 Å². The molecule has 1 aliphatic heterocycles. The Balaban J connectivity index is 1.49. The molecule has 0 atom stereocenters. The van der Waals surface area contributed by atoms with E-state index in [1.54, 1.807) is 12.1 Å². The van der Waals surface area contributed by atoms with Gasteiger partial charge in [0.1, 0.15) is 23.9 Å². The molecule has 5 rings (SSSR count). The lowest BCUT2D eigenvalue weighted by Gasteiger charge is -2.20. The molecule has 0 radical (unpaired) electrons. The summed E-state index contributed by atoms with van der Waals surface area (Å²) in [4.78, 5) is 23.8. The Hall–Kier alpha value is -2.38. The minimum atomic E-state index is -0.216. The van der Waals surface area contributed by atoms with Crippen molar-refractivity contribution in [3.8, 4) is 11.5 Å². The summed E-state index contributed by atoms with van der Waals surface area (Å²) in [5.74, 6) is 2.32. The van der Waals surface area contributed by atoms with Crippen LogP contribution < -0.4 is 14.8 Å². The van der Waals surface area contributed by atoms with E-state index in [0.717, 1.165) is 40.1 Å². The number of nitrogens with one attached hydrogen (secondary N) is 1. The number of ether oxygens (including phenoxy) is 2. The van der Waals surface area contributed by atoms with Crippen LogP contribution in [-0.4, -0.2) is 29.1 Å². The van der Waals surface area contributed by atoms with Crippen LogP contribution in [0.4, 0.5) is 5.69 Å². The van der Waals surface area contributed by atoms with Gasteiger partial charge in [-0.05, 0) is 32.3 Å². The SMILES string of the molecule is Cc1nc(C2CC2)nc2sc(C(=O)Nc3cc4c(cc3Cl)OCCO4)c(C)c12. The van der Waals surface area contributed by atoms with Gasteiger partial charge in [0.05, 0.1) is 21.3 Å². The van der Waals surface area contributed by atoms with E-state index >= 15 is 0 Å². The van der Waals surface area contributed by atoms with E-state index in [0.29, 0.717) is 46.2 Å². The van der Waals surface area contributed by atoms with Gasteiger partial charge in [0.25, 0.3) is 5.91 Å². The summed E-state index contributed by atoms with van der Waals surface area (Å²) in [5.41, 5.74) is 2.32. The summed E-state index contributed by atoms with van der Waals surface area (Å²) < 4.78 is 11.1. The zero-order valence-corrected chi connectivity index (χ0v) is 17.0. The maximum absolute atomic E-state index is 13.0. The maximum Gasteiger partial charge on any atom is 0.266 e. The predicted molar refractivity (Wildman–Crippen MR) is 109 cm³/mol. The van der Waals surface area contributed by atoms with E-state index < -0.39 is 0 Å². The molecule has 8 heteroatoms. The van der Waals surface area contributed by atoms with Gasteiger partial charge in [-0.1, -0.05) is 11.6 Å². The average Bonchev–Trinajstić information content (AvgIpc) is 3.46. The number of aryl methyl sites for hydroxylation is 2. The van der Waals surface area contributed by atoms with Crippen LogP contribution in [0.15, 0.2) is 12.1 Å². The fourth-order valence-corrected chi connectivity index (χ4v) is 4.77. The molecule has 1 N–H and O–H groups in total. The lowest BCUT2D eigenvalue weighted by atomic mass is 10.1. The molecule has 0 bridgehead atoms. The minimum absolute atomic E-state index is 0.216. The molecule has 0 unspecified atom stereocenters. The number of thiophene rings is 1. The zero-order valence-electron chi connectivity index (χ0n) is 15.5. The fourth-order valence-electron chi connectivity index (χ4n) is 3.44. The van der Waals surface area contributed by atoms with Crippen LogP contribution in [0.25, 0.3) is 10.2 Å². The van der Waals surface area contributed by atoms with E-state index in [1.807, 2.05) is 13.8 Å². The van der Waals surface area contributed by atoms with Crippen LogP contribution in [0.3, 0.4) is 0 Å². The van der Waals surface area contributed by atoms with E-state index in [2.05, 4.69) is 10.3 Å². The number of carbonyl (C=O) groups is 1. The molecule has 144 valence electrons. The number of halogens is 1. The number of nitrogens with zero attached hydrogens (tertiary/aromatic N) is 2. The first-order chi connectivity index (χ1) is 13.5. The topological polar surface area (TPSA) is 73.3 Å². The molecule has 1 aliphatic carbocycles. The van der Waals surface area contributed by atoms with Crippen molar-refractivity contribution in [3.05, 3.63) is 39.1 Å². The van der Waals surface area contributed by atoms with Gasteiger partial charge in [0.2, 0.25) is 0 Å². The third-order valence-electron chi connectivity index (χ3n) is 5.02. The Morgan fingerprint density at radius 2 is 1.89 bits per heavy atom. The normalized spacial score (nSPS) is 15.7. The molecule has 3 heterocycles. The van der Waals surface area contributed by atoms with Gasteiger partial charge < -0.3 is 14.8 Å². The molecule has 0 saturated heterocycles. The molecule has 28 heavy (non-hydrogen) atoms. The van der Waals surface area contributed by atoms with Crippen LogP contribution in [0.1, 0.15) is 45.5 Å². The van der Waals surface area contributed by atoms with Crippen molar-refractivity contribution in [1.29, 1.82) is 0 Å². The Bertz CT molecular complexity index is 1120. The summed E-state index contributed by atoms with van der Waals surface area (Å²) in [7, 11) is 0. The third-order valence-corrected chi connectivity index (χ3v) is 6.51. The second kappa shape index (κ2) is 6.60. The number of carbonyl (C=O) groups excluding carboxylic acids is 1. The van der Waals surface area contributed by atoms with Crippen LogP contribution in [0.5, 0.6) is 11.5 Å². The van der Waals surface area contributed by atoms with Crippen molar-refractivity contribution < 1.29 is 14.3 Å². The van der Waals surface area contributed by atoms with E-state index in [9.17, 15) is 4.79 Å². The van der Waals surface area contributed by atoms with Gasteiger partial charge >= 0.3 is 0 Å². The molecule has 1 aromatic carbocycles. The van der Waals surface area contributed by atoms with Crippen LogP contribution >= 0.6 is 22.9 Å². The smallest absolute Gasteiger partial charge is 0.266 e. The van der Waals surface area contributed by atoms with Crippen molar-refractivity contribution in [2.45, 2.75) is 32.6 Å². The Labute approximate surface area is 170 Å². The molecule has 0 spiro atoms. The van der Waals surface area contributed by atoms with Crippen molar-refractivity contribution >= 4 is 44.7 Å². The zero-order chi connectivity index (χ0) is 19.4. The van der Waals surface area contributed by atoms with Crippen molar-refractivity contribution in [2.75, 3.05) is 18.5 Å². The summed E-state index contributed by atoms with van der Waals surface area (Å²) >= 11 is 7.73. The second-order valence-corrected chi connectivity index (χ2v) is 8.51. The molecule has 3 aromatic rings. The molecule has 1 saturated carbocycles. The number of rotatable bonds is 3. The Morgan fingerprint density at radius 3 is 2.61 bits per heavy atom. The van der Waals surface area contributed by atoms with E-state index in [4.69, 9.17) is 26.1 Å². The number of hydrogen-bond acceptors (Lipinski definition) is 6.